The third-order valence-corrected chi connectivity index (χ3v) is 5.67. The van der Waals surface area contributed by atoms with E-state index in [-0.39, 0.29) is 30.2 Å². The van der Waals surface area contributed by atoms with E-state index in [1.54, 1.807) is 37.4 Å². The van der Waals surface area contributed by atoms with E-state index in [1.165, 1.54) is 22.8 Å². The van der Waals surface area contributed by atoms with Crippen molar-refractivity contribution < 1.29 is 22.7 Å². The second-order valence-electron chi connectivity index (χ2n) is 8.13. The van der Waals surface area contributed by atoms with Crippen molar-refractivity contribution in [2.45, 2.75) is 19.3 Å². The van der Waals surface area contributed by atoms with Crippen molar-refractivity contribution in [3.8, 4) is 5.75 Å². The van der Waals surface area contributed by atoms with Gasteiger partial charge in [-0.05, 0) is 53.6 Å². The number of anilines is 1. The third-order valence-electron chi connectivity index (χ3n) is 5.67. The van der Waals surface area contributed by atoms with Gasteiger partial charge in [-0.25, -0.2) is 4.79 Å². The largest absolute Gasteiger partial charge is 0.488 e. The summed E-state index contributed by atoms with van der Waals surface area (Å²) in [4.78, 5) is 27.0. The molecule has 5 N–H and O–H groups in total. The van der Waals surface area contributed by atoms with E-state index in [9.17, 15) is 22.8 Å². The number of amides is 1. The lowest BCUT2D eigenvalue weighted by molar-refractivity contribution is -0.139. The zero-order valence-corrected chi connectivity index (χ0v) is 19.1. The van der Waals surface area contributed by atoms with Crippen molar-refractivity contribution in [1.82, 2.24) is 14.9 Å². The second-order valence-corrected chi connectivity index (χ2v) is 8.13. The Kier molecular flexibility index (Phi) is 6.56. The van der Waals surface area contributed by atoms with Gasteiger partial charge in [-0.3, -0.25) is 9.36 Å². The number of fused-ring (bicyclic) bond motifs is 1. The quantitative estimate of drug-likeness (QED) is 0.228. The summed E-state index contributed by atoms with van der Waals surface area (Å²) in [6.45, 7) is -0.216. The summed E-state index contributed by atoms with van der Waals surface area (Å²) in [5.74, 6) is -0.837. The minimum absolute atomic E-state index is 0.0451. The van der Waals surface area contributed by atoms with E-state index in [0.29, 0.717) is 33.4 Å². The van der Waals surface area contributed by atoms with Crippen LogP contribution in [-0.2, 0) is 26.4 Å². The fourth-order valence-electron chi connectivity index (χ4n) is 3.69. The van der Waals surface area contributed by atoms with Crippen LogP contribution in [0.5, 0.6) is 5.75 Å². The van der Waals surface area contributed by atoms with Crippen LogP contribution in [0.3, 0.4) is 0 Å². The molecule has 0 radical (unpaired) electrons. The molecule has 186 valence electrons. The van der Waals surface area contributed by atoms with Crippen molar-refractivity contribution >= 4 is 28.8 Å². The summed E-state index contributed by atoms with van der Waals surface area (Å²) < 4.78 is 47.6. The molecule has 0 atom stereocenters. The van der Waals surface area contributed by atoms with Crippen molar-refractivity contribution in [1.29, 1.82) is 5.41 Å². The molecule has 0 saturated heterocycles. The van der Waals surface area contributed by atoms with Crippen molar-refractivity contribution in [2.75, 3.05) is 5.73 Å². The average Bonchev–Trinajstić information content (AvgIpc) is 3.13. The molecule has 0 aliphatic carbocycles. The van der Waals surface area contributed by atoms with Crippen LogP contribution in [-0.4, -0.2) is 21.7 Å². The molecule has 1 aromatic heterocycles. The molecule has 36 heavy (non-hydrogen) atoms. The Morgan fingerprint density at radius 3 is 2.61 bits per heavy atom. The minimum atomic E-state index is -4.64. The number of nitrogens with zero attached hydrogens (tertiary/aromatic N) is 1. The average molecular weight is 497 g/mol. The highest BCUT2D eigenvalue weighted by Gasteiger charge is 2.34. The summed E-state index contributed by atoms with van der Waals surface area (Å²) in [5, 5.41) is 10.0. The monoisotopic (exact) mass is 497 g/mol. The number of aryl methyl sites for hydroxylation is 1. The number of carbonyl (C=O) groups excluding carboxylic acids is 1. The number of carbonyl (C=O) groups is 1. The maximum atomic E-state index is 13.5. The Balaban J connectivity index is 1.51. The van der Waals surface area contributed by atoms with Crippen LogP contribution in [0, 0.1) is 5.41 Å². The number of nitrogens with one attached hydrogen (secondary N) is 3. The van der Waals surface area contributed by atoms with Gasteiger partial charge in [-0.15, -0.1) is 0 Å². The Labute approximate surface area is 203 Å². The highest BCUT2D eigenvalue weighted by molar-refractivity contribution is 5.97. The summed E-state index contributed by atoms with van der Waals surface area (Å²) in [7, 11) is 1.60. The van der Waals surface area contributed by atoms with Crippen LogP contribution in [0.2, 0.25) is 0 Å². The number of imidazole rings is 1. The standard InChI is InChI=1S/C25H22F3N5O3/c1-33-21-7-4-16(10-20(21)32-24(33)35)23(34)31-12-14-2-5-18(25(26,27)28)22(9-14)36-13-15-3-6-19(30)17(8-15)11-29/h2-11,29H,12-13,30H2,1H3,(H,31,34)(H,32,35). The van der Waals surface area contributed by atoms with Crippen LogP contribution in [0.15, 0.2) is 59.4 Å². The number of nitrogen functional groups attached to an aromatic ring is 1. The van der Waals surface area contributed by atoms with Crippen LogP contribution < -0.4 is 21.5 Å². The number of ether oxygens (including phenoxy) is 1. The number of hydrogen-bond acceptors (Lipinski definition) is 5. The maximum absolute atomic E-state index is 13.5. The molecule has 4 aromatic rings. The highest BCUT2D eigenvalue weighted by Crippen LogP contribution is 2.37. The summed E-state index contributed by atoms with van der Waals surface area (Å²) in [6, 6.07) is 12.9. The molecule has 0 fully saturated rings. The van der Waals surface area contributed by atoms with Gasteiger partial charge in [0.05, 0.1) is 16.6 Å². The smallest absolute Gasteiger partial charge is 0.419 e. The van der Waals surface area contributed by atoms with Crippen molar-refractivity contribution in [3.63, 3.8) is 0 Å². The lowest BCUT2D eigenvalue weighted by Gasteiger charge is -2.16. The normalized spacial score (nSPS) is 11.4. The van der Waals surface area contributed by atoms with Gasteiger partial charge in [0, 0.05) is 36.6 Å². The number of nitrogens with two attached hydrogens (primary N) is 1. The lowest BCUT2D eigenvalue weighted by atomic mass is 10.1. The Bertz CT molecular complexity index is 1520. The van der Waals surface area contributed by atoms with Gasteiger partial charge < -0.3 is 26.2 Å². The number of aromatic amines is 1. The number of halogens is 3. The van der Waals surface area contributed by atoms with Crippen LogP contribution in [0.1, 0.15) is 32.6 Å². The maximum Gasteiger partial charge on any atom is 0.419 e. The predicted molar refractivity (Wildman–Crippen MR) is 129 cm³/mol. The number of hydrogen-bond donors (Lipinski definition) is 4. The molecule has 8 nitrogen and oxygen atoms in total. The minimum Gasteiger partial charge on any atom is -0.488 e. The SMILES string of the molecule is Cn1c(=O)[nH]c2cc(C(=O)NCc3ccc(C(F)(F)F)c(OCc4ccc(N)c(C=N)c4)c3)ccc21. The molecular weight excluding hydrogens is 475 g/mol. The third kappa shape index (κ3) is 5.09. The topological polar surface area (TPSA) is 126 Å². The summed E-state index contributed by atoms with van der Waals surface area (Å²) >= 11 is 0. The Hall–Kier alpha value is -4.54. The number of H-pyrrole nitrogens is 1. The van der Waals surface area contributed by atoms with Crippen LogP contribution >= 0.6 is 0 Å². The van der Waals surface area contributed by atoms with E-state index in [0.717, 1.165) is 12.3 Å². The fourth-order valence-corrected chi connectivity index (χ4v) is 3.69. The van der Waals surface area contributed by atoms with Crippen molar-refractivity contribution in [3.05, 3.63) is 92.9 Å². The molecule has 1 amide bonds. The van der Waals surface area contributed by atoms with Gasteiger partial charge in [-0.1, -0.05) is 12.1 Å². The molecule has 0 spiro atoms. The van der Waals surface area contributed by atoms with Gasteiger partial charge >= 0.3 is 11.9 Å². The first-order valence-electron chi connectivity index (χ1n) is 10.8. The number of aromatic nitrogens is 2. The van der Waals surface area contributed by atoms with Gasteiger partial charge in [-0.2, -0.15) is 13.2 Å². The Morgan fingerprint density at radius 2 is 1.89 bits per heavy atom. The fraction of sp³-hybridized carbons (Fsp3) is 0.160. The van der Waals surface area contributed by atoms with E-state index in [1.807, 2.05) is 0 Å². The first kappa shape index (κ1) is 24.6. The Morgan fingerprint density at radius 1 is 1.14 bits per heavy atom. The van der Waals surface area contributed by atoms with E-state index >= 15 is 0 Å². The zero-order valence-electron chi connectivity index (χ0n) is 19.1. The van der Waals surface area contributed by atoms with Gasteiger partial charge in [0.1, 0.15) is 12.4 Å². The summed E-state index contributed by atoms with van der Waals surface area (Å²) in [5.41, 5.74) is 7.67. The number of alkyl halides is 3. The number of benzene rings is 3. The molecule has 1 heterocycles. The zero-order chi connectivity index (χ0) is 26.0. The summed E-state index contributed by atoms with van der Waals surface area (Å²) in [6.07, 6.45) is -3.59. The molecule has 0 aliphatic rings. The van der Waals surface area contributed by atoms with E-state index in [2.05, 4.69) is 10.3 Å². The van der Waals surface area contributed by atoms with Gasteiger partial charge in [0.15, 0.2) is 0 Å². The van der Waals surface area contributed by atoms with Crippen LogP contribution in [0.4, 0.5) is 18.9 Å². The van der Waals surface area contributed by atoms with E-state index in [4.69, 9.17) is 15.9 Å². The van der Waals surface area contributed by atoms with Gasteiger partial charge in [0.25, 0.3) is 5.91 Å². The molecule has 0 saturated carbocycles. The highest BCUT2D eigenvalue weighted by atomic mass is 19.4. The molecule has 0 unspecified atom stereocenters. The first-order valence-corrected chi connectivity index (χ1v) is 10.8. The molecule has 4 rings (SSSR count). The molecule has 0 bridgehead atoms. The predicted octanol–water partition coefficient (Wildman–Crippen LogP) is 3.97. The van der Waals surface area contributed by atoms with E-state index < -0.39 is 17.6 Å². The van der Waals surface area contributed by atoms with Crippen molar-refractivity contribution in [2.24, 2.45) is 7.05 Å². The molecule has 3 aromatic carbocycles. The lowest BCUT2D eigenvalue weighted by Crippen LogP contribution is -2.23. The van der Waals surface area contributed by atoms with Crippen LogP contribution in [0.25, 0.3) is 11.0 Å². The number of rotatable bonds is 7. The van der Waals surface area contributed by atoms with Gasteiger partial charge in [0.2, 0.25) is 0 Å². The molecular formula is C25H22F3N5O3. The molecule has 0 aliphatic heterocycles. The first-order chi connectivity index (χ1) is 17.1. The molecule has 11 heteroatoms. The second kappa shape index (κ2) is 9.61.